The minimum absolute atomic E-state index is 0.00356. The highest BCUT2D eigenvalue weighted by Gasteiger charge is 2.13. The molecule has 0 bridgehead atoms. The molecule has 0 aromatic carbocycles. The molecule has 0 radical (unpaired) electrons. The van der Waals surface area contributed by atoms with Crippen molar-refractivity contribution in [2.24, 2.45) is 11.7 Å². The van der Waals surface area contributed by atoms with Crippen LogP contribution in [0.2, 0.25) is 0 Å². The van der Waals surface area contributed by atoms with Crippen molar-refractivity contribution in [1.29, 1.82) is 0 Å². The molecule has 0 saturated carbocycles. The molecule has 3 nitrogen and oxygen atoms in total. The fraction of sp³-hybridized carbons (Fsp3) is 0.500. The first-order valence-corrected chi connectivity index (χ1v) is 4.46. The number of aliphatic hydroxyl groups is 1. The molecule has 3 N–H and O–H groups in total. The average molecular weight is 180 g/mol. The molecule has 0 amide bonds. The Morgan fingerprint density at radius 2 is 2.23 bits per heavy atom. The van der Waals surface area contributed by atoms with E-state index >= 15 is 0 Å². The molecule has 1 rings (SSSR count). The highest BCUT2D eigenvalue weighted by atomic mass is 16.3. The van der Waals surface area contributed by atoms with Gasteiger partial charge in [0.15, 0.2) is 0 Å². The van der Waals surface area contributed by atoms with Crippen LogP contribution in [0.15, 0.2) is 18.5 Å². The Morgan fingerprint density at radius 1 is 1.54 bits per heavy atom. The third-order valence-electron chi connectivity index (χ3n) is 2.19. The maximum absolute atomic E-state index is 9.05. The molecular formula is C10H16N2O. The van der Waals surface area contributed by atoms with E-state index < -0.39 is 0 Å². The number of rotatable bonds is 3. The maximum Gasteiger partial charge on any atom is 0.0700 e. The van der Waals surface area contributed by atoms with Crippen molar-refractivity contribution in [3.8, 4) is 0 Å². The number of hydrogen-bond acceptors (Lipinski definition) is 3. The predicted octanol–water partition coefficient (Wildman–Crippen LogP) is 1.23. The third-order valence-corrected chi connectivity index (χ3v) is 2.19. The highest BCUT2D eigenvalue weighted by molar-refractivity contribution is 5.26. The third kappa shape index (κ3) is 2.26. The monoisotopic (exact) mass is 180 g/mol. The lowest BCUT2D eigenvalue weighted by molar-refractivity contribution is 0.278. The van der Waals surface area contributed by atoms with Crippen LogP contribution >= 0.6 is 0 Å². The second kappa shape index (κ2) is 4.35. The first-order chi connectivity index (χ1) is 6.16. The summed E-state index contributed by atoms with van der Waals surface area (Å²) in [6, 6.07) is 1.85. The van der Waals surface area contributed by atoms with E-state index in [0.717, 1.165) is 11.1 Å². The van der Waals surface area contributed by atoms with Gasteiger partial charge in [0.2, 0.25) is 0 Å². The van der Waals surface area contributed by atoms with Crippen LogP contribution in [0.5, 0.6) is 0 Å². The van der Waals surface area contributed by atoms with Crippen molar-refractivity contribution in [3.63, 3.8) is 0 Å². The summed E-state index contributed by atoms with van der Waals surface area (Å²) in [5, 5.41) is 9.05. The molecule has 0 spiro atoms. The molecule has 1 aromatic rings. The van der Waals surface area contributed by atoms with Crippen molar-refractivity contribution in [2.45, 2.75) is 26.5 Å². The SMILES string of the molecule is CC(C)C(N)c1ccncc1CO. The smallest absolute Gasteiger partial charge is 0.0700 e. The first-order valence-electron chi connectivity index (χ1n) is 4.46. The van der Waals surface area contributed by atoms with Gasteiger partial charge in [0.25, 0.3) is 0 Å². The van der Waals surface area contributed by atoms with E-state index in [2.05, 4.69) is 18.8 Å². The standard InChI is InChI=1S/C10H16N2O/c1-7(2)10(11)9-3-4-12-5-8(9)6-13/h3-5,7,10,13H,6,11H2,1-2H3. The topological polar surface area (TPSA) is 59.1 Å². The number of nitrogens with two attached hydrogens (primary N) is 1. The fourth-order valence-electron chi connectivity index (χ4n) is 1.25. The fourth-order valence-corrected chi connectivity index (χ4v) is 1.25. The van der Waals surface area contributed by atoms with E-state index in [0.29, 0.717) is 5.92 Å². The number of hydrogen-bond donors (Lipinski definition) is 2. The van der Waals surface area contributed by atoms with Gasteiger partial charge >= 0.3 is 0 Å². The zero-order valence-corrected chi connectivity index (χ0v) is 8.07. The molecule has 0 fully saturated rings. The summed E-state index contributed by atoms with van der Waals surface area (Å²) < 4.78 is 0. The summed E-state index contributed by atoms with van der Waals surface area (Å²) in [6.07, 6.45) is 3.37. The Balaban J connectivity index is 2.98. The lowest BCUT2D eigenvalue weighted by atomic mass is 9.95. The van der Waals surface area contributed by atoms with E-state index in [1.54, 1.807) is 12.4 Å². The Morgan fingerprint density at radius 3 is 2.77 bits per heavy atom. The molecule has 72 valence electrons. The van der Waals surface area contributed by atoms with Gasteiger partial charge in [-0.3, -0.25) is 4.98 Å². The molecule has 0 saturated heterocycles. The predicted molar refractivity (Wildman–Crippen MR) is 51.9 cm³/mol. The molecule has 0 aliphatic heterocycles. The quantitative estimate of drug-likeness (QED) is 0.735. The van der Waals surface area contributed by atoms with Gasteiger partial charge in [-0.25, -0.2) is 0 Å². The second-order valence-electron chi connectivity index (χ2n) is 3.50. The maximum atomic E-state index is 9.05. The van der Waals surface area contributed by atoms with Crippen LogP contribution in [0.3, 0.4) is 0 Å². The van der Waals surface area contributed by atoms with Gasteiger partial charge in [-0.05, 0) is 17.5 Å². The van der Waals surface area contributed by atoms with Crippen molar-refractivity contribution in [1.82, 2.24) is 4.98 Å². The number of nitrogens with zero attached hydrogens (tertiary/aromatic N) is 1. The van der Waals surface area contributed by atoms with Crippen molar-refractivity contribution in [2.75, 3.05) is 0 Å². The number of pyridine rings is 1. The molecule has 1 atom stereocenters. The Bertz CT molecular complexity index is 273. The zero-order chi connectivity index (χ0) is 9.84. The van der Waals surface area contributed by atoms with Gasteiger partial charge in [-0.15, -0.1) is 0 Å². The van der Waals surface area contributed by atoms with E-state index in [1.807, 2.05) is 6.07 Å². The highest BCUT2D eigenvalue weighted by Crippen LogP contribution is 2.21. The Kier molecular flexibility index (Phi) is 3.39. The van der Waals surface area contributed by atoms with Gasteiger partial charge in [0.05, 0.1) is 6.61 Å². The first kappa shape index (κ1) is 10.2. The summed E-state index contributed by atoms with van der Waals surface area (Å²) >= 11 is 0. The van der Waals surface area contributed by atoms with Gasteiger partial charge < -0.3 is 10.8 Å². The van der Waals surface area contributed by atoms with Crippen molar-refractivity contribution >= 4 is 0 Å². The minimum atomic E-state index is -0.0230. The van der Waals surface area contributed by atoms with Crippen LogP contribution in [0, 0.1) is 5.92 Å². The number of aromatic nitrogens is 1. The molecule has 0 aliphatic rings. The molecule has 0 aliphatic carbocycles. The molecule has 1 aromatic heterocycles. The largest absolute Gasteiger partial charge is 0.392 e. The molecule has 13 heavy (non-hydrogen) atoms. The van der Waals surface area contributed by atoms with Crippen LogP contribution in [-0.2, 0) is 6.61 Å². The van der Waals surface area contributed by atoms with Gasteiger partial charge in [0.1, 0.15) is 0 Å². The van der Waals surface area contributed by atoms with E-state index in [1.165, 1.54) is 0 Å². The van der Waals surface area contributed by atoms with Crippen LogP contribution in [0.4, 0.5) is 0 Å². The van der Waals surface area contributed by atoms with Crippen LogP contribution in [0.25, 0.3) is 0 Å². The number of aliphatic hydroxyl groups excluding tert-OH is 1. The van der Waals surface area contributed by atoms with E-state index in [4.69, 9.17) is 10.8 Å². The van der Waals surface area contributed by atoms with Gasteiger partial charge in [-0.2, -0.15) is 0 Å². The lowest BCUT2D eigenvalue weighted by Gasteiger charge is -2.18. The Labute approximate surface area is 78.6 Å². The molecule has 3 heteroatoms. The summed E-state index contributed by atoms with van der Waals surface area (Å²) in [5.41, 5.74) is 7.79. The van der Waals surface area contributed by atoms with Crippen molar-refractivity contribution < 1.29 is 5.11 Å². The van der Waals surface area contributed by atoms with Gasteiger partial charge in [0, 0.05) is 24.0 Å². The van der Waals surface area contributed by atoms with Gasteiger partial charge in [-0.1, -0.05) is 13.8 Å². The molecular weight excluding hydrogens is 164 g/mol. The van der Waals surface area contributed by atoms with E-state index in [9.17, 15) is 0 Å². The van der Waals surface area contributed by atoms with Crippen molar-refractivity contribution in [3.05, 3.63) is 29.6 Å². The summed E-state index contributed by atoms with van der Waals surface area (Å²) in [7, 11) is 0. The zero-order valence-electron chi connectivity index (χ0n) is 8.07. The van der Waals surface area contributed by atoms with E-state index in [-0.39, 0.29) is 12.6 Å². The van der Waals surface area contributed by atoms with Crippen LogP contribution in [-0.4, -0.2) is 10.1 Å². The Hall–Kier alpha value is -0.930. The molecule has 1 heterocycles. The average Bonchev–Trinajstić information content (AvgIpc) is 2.16. The van der Waals surface area contributed by atoms with Crippen LogP contribution in [0.1, 0.15) is 31.0 Å². The normalized spacial score (nSPS) is 13.3. The van der Waals surface area contributed by atoms with Crippen LogP contribution < -0.4 is 5.73 Å². The summed E-state index contributed by atoms with van der Waals surface area (Å²) in [5.74, 6) is 0.368. The summed E-state index contributed by atoms with van der Waals surface area (Å²) in [4.78, 5) is 3.94. The lowest BCUT2D eigenvalue weighted by Crippen LogP contribution is -2.18. The molecule has 1 unspecified atom stereocenters. The minimum Gasteiger partial charge on any atom is -0.392 e. The second-order valence-corrected chi connectivity index (χ2v) is 3.50. The summed E-state index contributed by atoms with van der Waals surface area (Å²) in [6.45, 7) is 4.13.